The zero-order valence-electron chi connectivity index (χ0n) is 5.69. The van der Waals surface area contributed by atoms with E-state index in [9.17, 15) is 9.81 Å². The lowest BCUT2D eigenvalue weighted by Gasteiger charge is -2.19. The predicted octanol–water partition coefficient (Wildman–Crippen LogP) is 1.83. The van der Waals surface area contributed by atoms with E-state index >= 15 is 0 Å². The molecule has 0 aromatic heterocycles. The number of rotatable bonds is 2. The van der Waals surface area contributed by atoms with Gasteiger partial charge in [-0.25, -0.2) is 0 Å². The summed E-state index contributed by atoms with van der Waals surface area (Å²) in [5.41, 5.74) is 0. The standard InChI is InChI=1S/C6H10N2O2/c9-7-5-3-1-2-4-6(5)8-10/h5-6H,1-4H2/t5-,6-/m0/s1. The lowest BCUT2D eigenvalue weighted by Crippen LogP contribution is -2.25. The summed E-state index contributed by atoms with van der Waals surface area (Å²) in [4.78, 5) is 20.2. The van der Waals surface area contributed by atoms with Crippen molar-refractivity contribution in [2.24, 2.45) is 10.4 Å². The summed E-state index contributed by atoms with van der Waals surface area (Å²) in [5, 5.41) is 5.71. The second-order valence-corrected chi connectivity index (χ2v) is 2.63. The molecule has 0 spiro atoms. The van der Waals surface area contributed by atoms with Crippen LogP contribution in [0.4, 0.5) is 0 Å². The molecule has 0 radical (unpaired) electrons. The van der Waals surface area contributed by atoms with Gasteiger partial charge in [-0.05, 0) is 12.8 Å². The van der Waals surface area contributed by atoms with Crippen molar-refractivity contribution < 1.29 is 0 Å². The first kappa shape index (κ1) is 7.31. The van der Waals surface area contributed by atoms with Crippen molar-refractivity contribution in [3.8, 4) is 0 Å². The lowest BCUT2D eigenvalue weighted by molar-refractivity contribution is 0.384. The van der Waals surface area contributed by atoms with Crippen LogP contribution >= 0.6 is 0 Å². The van der Waals surface area contributed by atoms with Gasteiger partial charge in [0, 0.05) is 0 Å². The predicted molar refractivity (Wildman–Crippen MR) is 37.6 cm³/mol. The molecular formula is C6H10N2O2. The molecule has 1 rings (SSSR count). The Kier molecular flexibility index (Phi) is 2.48. The molecule has 56 valence electrons. The van der Waals surface area contributed by atoms with E-state index in [1.807, 2.05) is 0 Å². The fraction of sp³-hybridized carbons (Fsp3) is 1.00. The molecule has 0 aliphatic heterocycles. The molecule has 0 N–H and O–H groups in total. The van der Waals surface area contributed by atoms with Crippen LogP contribution in [0, 0.1) is 9.81 Å². The average Bonchev–Trinajstić information content (AvgIpc) is 2.04. The van der Waals surface area contributed by atoms with Gasteiger partial charge in [0.25, 0.3) is 0 Å². The zero-order chi connectivity index (χ0) is 7.40. The van der Waals surface area contributed by atoms with Crippen LogP contribution in [0.3, 0.4) is 0 Å². The highest BCUT2D eigenvalue weighted by molar-refractivity contribution is 4.85. The highest BCUT2D eigenvalue weighted by Crippen LogP contribution is 2.23. The molecular weight excluding hydrogens is 132 g/mol. The van der Waals surface area contributed by atoms with Crippen LogP contribution in [0.1, 0.15) is 25.7 Å². The average molecular weight is 142 g/mol. The van der Waals surface area contributed by atoms with Gasteiger partial charge in [0.2, 0.25) is 0 Å². The minimum atomic E-state index is -0.341. The van der Waals surface area contributed by atoms with Gasteiger partial charge >= 0.3 is 0 Å². The van der Waals surface area contributed by atoms with Crippen molar-refractivity contribution in [2.75, 3.05) is 0 Å². The van der Waals surface area contributed by atoms with E-state index in [-0.39, 0.29) is 12.1 Å². The molecule has 0 bridgehead atoms. The van der Waals surface area contributed by atoms with E-state index in [1.54, 1.807) is 0 Å². The van der Waals surface area contributed by atoms with Gasteiger partial charge in [0.15, 0.2) is 0 Å². The summed E-state index contributed by atoms with van der Waals surface area (Å²) >= 11 is 0. The van der Waals surface area contributed by atoms with Crippen LogP contribution in [-0.2, 0) is 0 Å². The summed E-state index contributed by atoms with van der Waals surface area (Å²) in [7, 11) is 0. The number of hydrogen-bond donors (Lipinski definition) is 0. The fourth-order valence-corrected chi connectivity index (χ4v) is 1.34. The maximum atomic E-state index is 10.1. The Morgan fingerprint density at radius 1 is 0.900 bits per heavy atom. The Labute approximate surface area is 58.9 Å². The second kappa shape index (κ2) is 3.39. The van der Waals surface area contributed by atoms with Gasteiger partial charge in [-0.1, -0.05) is 23.2 Å². The largest absolute Gasteiger partial charge is 0.150 e. The Hall–Kier alpha value is -0.800. The highest BCUT2D eigenvalue weighted by atomic mass is 16.3. The monoisotopic (exact) mass is 142 g/mol. The van der Waals surface area contributed by atoms with E-state index in [4.69, 9.17) is 0 Å². The molecule has 0 saturated heterocycles. The summed E-state index contributed by atoms with van der Waals surface area (Å²) in [6, 6.07) is -0.683. The smallest absolute Gasteiger partial charge is 0.118 e. The van der Waals surface area contributed by atoms with Crippen molar-refractivity contribution in [3.63, 3.8) is 0 Å². The number of nitrogens with zero attached hydrogens (tertiary/aromatic N) is 2. The second-order valence-electron chi connectivity index (χ2n) is 2.63. The third-order valence-electron chi connectivity index (χ3n) is 1.96. The molecule has 0 amide bonds. The van der Waals surface area contributed by atoms with E-state index < -0.39 is 0 Å². The molecule has 0 aromatic carbocycles. The lowest BCUT2D eigenvalue weighted by atomic mass is 9.92. The topological polar surface area (TPSA) is 58.9 Å². The molecule has 0 aromatic rings. The zero-order valence-corrected chi connectivity index (χ0v) is 5.69. The summed E-state index contributed by atoms with van der Waals surface area (Å²) in [6.45, 7) is 0. The first-order valence-electron chi connectivity index (χ1n) is 3.53. The Morgan fingerprint density at radius 3 is 1.60 bits per heavy atom. The van der Waals surface area contributed by atoms with E-state index in [1.165, 1.54) is 0 Å². The van der Waals surface area contributed by atoms with Gasteiger partial charge in [-0.15, -0.1) is 0 Å². The van der Waals surface area contributed by atoms with Gasteiger partial charge in [0.1, 0.15) is 12.1 Å². The number of nitroso groups, excluding NO2 is 2. The number of hydrogen-bond acceptors (Lipinski definition) is 4. The van der Waals surface area contributed by atoms with Crippen LogP contribution in [0.2, 0.25) is 0 Å². The van der Waals surface area contributed by atoms with Crippen molar-refractivity contribution in [1.29, 1.82) is 0 Å². The molecule has 1 saturated carbocycles. The minimum absolute atomic E-state index is 0.341. The van der Waals surface area contributed by atoms with Gasteiger partial charge < -0.3 is 0 Å². The Balaban J connectivity index is 2.49. The maximum Gasteiger partial charge on any atom is 0.118 e. The van der Waals surface area contributed by atoms with Crippen molar-refractivity contribution in [2.45, 2.75) is 37.8 Å². The van der Waals surface area contributed by atoms with Crippen LogP contribution in [0.25, 0.3) is 0 Å². The van der Waals surface area contributed by atoms with Crippen LogP contribution in [0.5, 0.6) is 0 Å². The summed E-state index contributed by atoms with van der Waals surface area (Å²) in [6.07, 6.45) is 3.48. The Morgan fingerprint density at radius 2 is 1.30 bits per heavy atom. The molecule has 1 aliphatic carbocycles. The molecule has 1 fully saturated rings. The van der Waals surface area contributed by atoms with Crippen LogP contribution in [0.15, 0.2) is 10.4 Å². The van der Waals surface area contributed by atoms with Crippen LogP contribution in [-0.4, -0.2) is 12.1 Å². The summed E-state index contributed by atoms with van der Waals surface area (Å²) < 4.78 is 0. The van der Waals surface area contributed by atoms with E-state index in [2.05, 4.69) is 10.4 Å². The SMILES string of the molecule is O=N[C@H]1CCCC[C@@H]1N=O. The molecule has 2 atom stereocenters. The molecule has 1 aliphatic rings. The molecule has 10 heavy (non-hydrogen) atoms. The van der Waals surface area contributed by atoms with E-state index in [0.717, 1.165) is 25.7 Å². The van der Waals surface area contributed by atoms with E-state index in [0.29, 0.717) is 0 Å². The molecule has 0 unspecified atom stereocenters. The third-order valence-corrected chi connectivity index (χ3v) is 1.96. The normalized spacial score (nSPS) is 33.2. The molecule has 0 heterocycles. The molecule has 4 nitrogen and oxygen atoms in total. The first-order chi connectivity index (χ1) is 4.88. The third kappa shape index (κ3) is 1.37. The van der Waals surface area contributed by atoms with Crippen molar-refractivity contribution >= 4 is 0 Å². The summed E-state index contributed by atoms with van der Waals surface area (Å²) in [5.74, 6) is 0. The Bertz CT molecular complexity index is 122. The minimum Gasteiger partial charge on any atom is -0.150 e. The van der Waals surface area contributed by atoms with Crippen molar-refractivity contribution in [1.82, 2.24) is 0 Å². The maximum absolute atomic E-state index is 10.1. The first-order valence-corrected chi connectivity index (χ1v) is 3.53. The van der Waals surface area contributed by atoms with Crippen LogP contribution < -0.4 is 0 Å². The van der Waals surface area contributed by atoms with Gasteiger partial charge in [0.05, 0.1) is 0 Å². The quantitative estimate of drug-likeness (QED) is 0.552. The highest BCUT2D eigenvalue weighted by Gasteiger charge is 2.26. The van der Waals surface area contributed by atoms with Gasteiger partial charge in [-0.2, -0.15) is 9.81 Å². The van der Waals surface area contributed by atoms with Crippen molar-refractivity contribution in [3.05, 3.63) is 9.81 Å². The molecule has 4 heteroatoms. The fourth-order valence-electron chi connectivity index (χ4n) is 1.34. The van der Waals surface area contributed by atoms with Gasteiger partial charge in [-0.3, -0.25) is 0 Å².